The zero-order valence-electron chi connectivity index (χ0n) is 20.9. The van der Waals surface area contributed by atoms with E-state index >= 15 is 0 Å². The van der Waals surface area contributed by atoms with Crippen LogP contribution in [0.2, 0.25) is 0 Å². The molecule has 0 bridgehead atoms. The smallest absolute Gasteiger partial charge is 0.238 e. The molecule has 1 aliphatic heterocycles. The number of carbonyl (C=O) groups excluding carboxylic acids is 4. The standard InChI is InChI=1S/C31H27NO5/c1-15-11-18(12-16(2)28(15)34)25-20-9-10-21-26(31(37)32(30(21)36)19-7-5-4-6-8-19)22(20)14-23-24(33)13-17(3)29(35)27(23)25/h4-9,11-13,21-22,25-26,34H,10,14H2,1-3H3/t21-,22+,25-,26-/m0/s1. The number of anilines is 1. The van der Waals surface area contributed by atoms with Crippen molar-refractivity contribution >= 4 is 29.1 Å². The maximum absolute atomic E-state index is 13.8. The molecule has 1 saturated heterocycles. The Bertz CT molecular complexity index is 1490. The molecule has 1 heterocycles. The second-order valence-corrected chi connectivity index (χ2v) is 10.6. The Morgan fingerprint density at radius 1 is 0.892 bits per heavy atom. The van der Waals surface area contributed by atoms with Crippen LogP contribution < -0.4 is 4.90 Å². The minimum Gasteiger partial charge on any atom is -0.507 e. The molecule has 3 aliphatic carbocycles. The summed E-state index contributed by atoms with van der Waals surface area (Å²) in [6.45, 7) is 5.27. The number of phenols is 1. The third kappa shape index (κ3) is 3.31. The van der Waals surface area contributed by atoms with Gasteiger partial charge in [-0.05, 0) is 74.4 Å². The lowest BCUT2D eigenvalue weighted by Gasteiger charge is -2.42. The number of aromatic hydroxyl groups is 1. The first-order chi connectivity index (χ1) is 17.7. The second kappa shape index (κ2) is 8.23. The van der Waals surface area contributed by atoms with Gasteiger partial charge in [0.15, 0.2) is 11.6 Å². The highest BCUT2D eigenvalue weighted by molar-refractivity contribution is 6.25. The molecule has 186 valence electrons. The van der Waals surface area contributed by atoms with Crippen LogP contribution >= 0.6 is 0 Å². The van der Waals surface area contributed by atoms with E-state index in [0.717, 1.165) is 11.1 Å². The summed E-state index contributed by atoms with van der Waals surface area (Å²) in [5.74, 6) is -2.62. The van der Waals surface area contributed by atoms with Gasteiger partial charge in [-0.1, -0.05) is 42.0 Å². The minimum absolute atomic E-state index is 0.163. The number of carbonyl (C=O) groups is 4. The van der Waals surface area contributed by atoms with Crippen molar-refractivity contribution in [3.8, 4) is 5.75 Å². The third-order valence-electron chi connectivity index (χ3n) is 8.43. The molecule has 0 saturated carbocycles. The zero-order valence-corrected chi connectivity index (χ0v) is 20.9. The number of phenolic OH excluding ortho intramolecular Hbond substituents is 1. The fourth-order valence-corrected chi connectivity index (χ4v) is 6.73. The normalized spacial score (nSPS) is 27.1. The van der Waals surface area contributed by atoms with Crippen LogP contribution in [0.15, 0.2) is 76.9 Å². The van der Waals surface area contributed by atoms with E-state index in [1.807, 2.05) is 38.1 Å². The molecule has 0 unspecified atom stereocenters. The van der Waals surface area contributed by atoms with Crippen molar-refractivity contribution < 1.29 is 24.3 Å². The molecule has 6 heteroatoms. The molecule has 6 nitrogen and oxygen atoms in total. The predicted octanol–water partition coefficient (Wildman–Crippen LogP) is 4.64. The van der Waals surface area contributed by atoms with Gasteiger partial charge in [-0.15, -0.1) is 0 Å². The van der Waals surface area contributed by atoms with Crippen LogP contribution in [-0.4, -0.2) is 28.5 Å². The topological polar surface area (TPSA) is 91.8 Å². The number of rotatable bonds is 2. The van der Waals surface area contributed by atoms with Crippen molar-refractivity contribution in [3.05, 3.63) is 93.6 Å². The molecular formula is C31H27NO5. The minimum atomic E-state index is -0.599. The van der Waals surface area contributed by atoms with Gasteiger partial charge in [0.2, 0.25) is 11.8 Å². The Morgan fingerprint density at radius 2 is 1.57 bits per heavy atom. The maximum Gasteiger partial charge on any atom is 0.238 e. The zero-order chi connectivity index (χ0) is 26.2. The molecular weight excluding hydrogens is 466 g/mol. The van der Waals surface area contributed by atoms with E-state index < -0.39 is 17.8 Å². The van der Waals surface area contributed by atoms with Crippen LogP contribution in [0, 0.1) is 31.6 Å². The second-order valence-electron chi connectivity index (χ2n) is 10.6. The van der Waals surface area contributed by atoms with E-state index in [9.17, 15) is 24.3 Å². The summed E-state index contributed by atoms with van der Waals surface area (Å²) in [5.41, 5.74) is 4.93. The van der Waals surface area contributed by atoms with Gasteiger partial charge in [0.1, 0.15) is 5.75 Å². The number of imide groups is 1. The monoisotopic (exact) mass is 493 g/mol. The molecule has 0 radical (unpaired) electrons. The number of nitrogens with zero attached hydrogens (tertiary/aromatic N) is 1. The van der Waals surface area contributed by atoms with Gasteiger partial charge < -0.3 is 5.11 Å². The lowest BCUT2D eigenvalue weighted by Crippen LogP contribution is -2.39. The van der Waals surface area contributed by atoms with Crippen LogP contribution in [0.4, 0.5) is 5.69 Å². The number of ketones is 2. The van der Waals surface area contributed by atoms with Gasteiger partial charge in [-0.25, -0.2) is 0 Å². The number of benzene rings is 2. The first kappa shape index (κ1) is 23.3. The van der Waals surface area contributed by atoms with Crippen molar-refractivity contribution in [2.24, 2.45) is 17.8 Å². The maximum atomic E-state index is 13.8. The Balaban J connectivity index is 1.52. The fourth-order valence-electron chi connectivity index (χ4n) is 6.73. The van der Waals surface area contributed by atoms with Gasteiger partial charge in [0, 0.05) is 22.6 Å². The summed E-state index contributed by atoms with van der Waals surface area (Å²) < 4.78 is 0. The van der Waals surface area contributed by atoms with Gasteiger partial charge in [0.25, 0.3) is 0 Å². The molecule has 4 atom stereocenters. The number of para-hydroxylation sites is 1. The highest BCUT2D eigenvalue weighted by atomic mass is 16.3. The summed E-state index contributed by atoms with van der Waals surface area (Å²) in [4.78, 5) is 55.3. The molecule has 2 aromatic carbocycles. The van der Waals surface area contributed by atoms with E-state index in [4.69, 9.17) is 0 Å². The SMILES string of the molecule is CC1=CC(=O)C2=C(C1=O)[C@@H](c1cc(C)c(O)c(C)c1)C1=CC[C@@H]3C(=O)N(c4ccccc4)C(=O)[C@@H]3[C@@H]1C2. The number of allylic oxidation sites excluding steroid dienone is 6. The summed E-state index contributed by atoms with van der Waals surface area (Å²) >= 11 is 0. The molecule has 4 aliphatic rings. The average molecular weight is 494 g/mol. The lowest BCUT2D eigenvalue weighted by molar-refractivity contribution is -0.123. The number of fused-ring (bicyclic) bond motifs is 3. The summed E-state index contributed by atoms with van der Waals surface area (Å²) in [6.07, 6.45) is 4.06. The van der Waals surface area contributed by atoms with Crippen LogP contribution in [0.5, 0.6) is 5.75 Å². The van der Waals surface area contributed by atoms with Crippen LogP contribution in [-0.2, 0) is 19.2 Å². The van der Waals surface area contributed by atoms with Crippen molar-refractivity contribution in [3.63, 3.8) is 0 Å². The highest BCUT2D eigenvalue weighted by Crippen LogP contribution is 2.55. The molecule has 1 N–H and O–H groups in total. The summed E-state index contributed by atoms with van der Waals surface area (Å²) in [7, 11) is 0. The van der Waals surface area contributed by atoms with E-state index in [0.29, 0.717) is 40.0 Å². The molecule has 2 amide bonds. The van der Waals surface area contributed by atoms with E-state index in [-0.39, 0.29) is 41.5 Å². The Hall–Kier alpha value is -4.06. The van der Waals surface area contributed by atoms with Crippen molar-refractivity contribution in [2.75, 3.05) is 4.90 Å². The summed E-state index contributed by atoms with van der Waals surface area (Å²) in [5, 5.41) is 10.4. The van der Waals surface area contributed by atoms with Crippen molar-refractivity contribution in [2.45, 2.75) is 39.5 Å². The first-order valence-electron chi connectivity index (χ1n) is 12.6. The van der Waals surface area contributed by atoms with Crippen molar-refractivity contribution in [1.82, 2.24) is 0 Å². The molecule has 6 rings (SSSR count). The number of hydrogen-bond donors (Lipinski definition) is 1. The quantitative estimate of drug-likeness (QED) is 0.374. The fraction of sp³-hybridized carbons (Fsp3) is 0.290. The molecule has 2 aromatic rings. The Morgan fingerprint density at radius 3 is 2.24 bits per heavy atom. The number of Topliss-reactive ketones (excluding diaryl/α,β-unsaturated/α-hetero) is 1. The van der Waals surface area contributed by atoms with Gasteiger partial charge in [-0.3, -0.25) is 24.1 Å². The first-order valence-corrected chi connectivity index (χ1v) is 12.6. The third-order valence-corrected chi connectivity index (χ3v) is 8.43. The highest BCUT2D eigenvalue weighted by Gasteiger charge is 2.56. The van der Waals surface area contributed by atoms with Crippen LogP contribution in [0.25, 0.3) is 0 Å². The molecule has 0 spiro atoms. The predicted molar refractivity (Wildman–Crippen MR) is 138 cm³/mol. The summed E-state index contributed by atoms with van der Waals surface area (Å²) in [6, 6.07) is 12.7. The van der Waals surface area contributed by atoms with Gasteiger partial charge in [-0.2, -0.15) is 0 Å². The van der Waals surface area contributed by atoms with E-state index in [2.05, 4.69) is 0 Å². The molecule has 1 fully saturated rings. The van der Waals surface area contributed by atoms with Gasteiger partial charge >= 0.3 is 0 Å². The number of aryl methyl sites for hydroxylation is 2. The van der Waals surface area contributed by atoms with E-state index in [1.54, 1.807) is 31.2 Å². The number of hydrogen-bond acceptors (Lipinski definition) is 5. The van der Waals surface area contributed by atoms with E-state index in [1.165, 1.54) is 11.0 Å². The average Bonchev–Trinajstić information content (AvgIpc) is 3.14. The lowest BCUT2D eigenvalue weighted by atomic mass is 9.59. The van der Waals surface area contributed by atoms with Crippen molar-refractivity contribution in [1.29, 1.82) is 0 Å². The Labute approximate surface area is 215 Å². The van der Waals surface area contributed by atoms with Crippen LogP contribution in [0.3, 0.4) is 0 Å². The Kier molecular flexibility index (Phi) is 5.19. The number of amides is 2. The molecule has 0 aromatic heterocycles. The molecule has 37 heavy (non-hydrogen) atoms. The van der Waals surface area contributed by atoms with Gasteiger partial charge in [0.05, 0.1) is 17.5 Å². The van der Waals surface area contributed by atoms with Crippen LogP contribution in [0.1, 0.15) is 42.4 Å². The largest absolute Gasteiger partial charge is 0.507 e.